The molecule has 1 amide bonds. The molecular weight excluding hydrogens is 370 g/mol. The molecule has 0 saturated carbocycles. The summed E-state index contributed by atoms with van der Waals surface area (Å²) in [6, 6.07) is 7.31. The molecule has 0 atom stereocenters. The molecule has 2 aromatic rings. The van der Waals surface area contributed by atoms with E-state index in [4.69, 9.17) is 16.3 Å². The molecule has 7 nitrogen and oxygen atoms in total. The van der Waals surface area contributed by atoms with Crippen molar-refractivity contribution < 1.29 is 9.53 Å². The Morgan fingerprint density at radius 2 is 1.78 bits per heavy atom. The molecule has 1 fully saturated rings. The summed E-state index contributed by atoms with van der Waals surface area (Å²) in [5.74, 6) is 0. The van der Waals surface area contributed by atoms with E-state index in [9.17, 15) is 14.4 Å². The second kappa shape index (κ2) is 8.43. The lowest BCUT2D eigenvalue weighted by molar-refractivity contribution is 0.0983. The average Bonchev–Trinajstić information content (AvgIpc) is 2.69. The molecule has 1 aliphatic rings. The number of benzene rings is 1. The zero-order chi connectivity index (χ0) is 19.4. The maximum atomic E-state index is 11.9. The SMILES string of the molecule is CCOC(=O)N1CCC(Nc2c(NCc3ccc(Cl)cc3)c(=O)c2=O)CC1. The van der Waals surface area contributed by atoms with Crippen LogP contribution in [0.4, 0.5) is 16.2 Å². The quantitative estimate of drug-likeness (QED) is 0.736. The third-order valence-corrected chi connectivity index (χ3v) is 4.91. The second-order valence-electron chi connectivity index (χ2n) is 6.49. The molecule has 1 aliphatic heterocycles. The van der Waals surface area contributed by atoms with Crippen LogP contribution < -0.4 is 21.5 Å². The van der Waals surface area contributed by atoms with E-state index in [2.05, 4.69) is 10.6 Å². The average molecular weight is 392 g/mol. The smallest absolute Gasteiger partial charge is 0.409 e. The van der Waals surface area contributed by atoms with Gasteiger partial charge in [-0.25, -0.2) is 4.79 Å². The van der Waals surface area contributed by atoms with Crippen LogP contribution in [0.5, 0.6) is 0 Å². The van der Waals surface area contributed by atoms with Crippen LogP contribution in [0.25, 0.3) is 0 Å². The van der Waals surface area contributed by atoms with Crippen molar-refractivity contribution in [2.45, 2.75) is 32.4 Å². The summed E-state index contributed by atoms with van der Waals surface area (Å²) in [7, 11) is 0. The Kier molecular flexibility index (Phi) is 6.01. The summed E-state index contributed by atoms with van der Waals surface area (Å²) in [4.78, 5) is 37.2. The Hall–Kier alpha value is -2.54. The maximum absolute atomic E-state index is 11.9. The Morgan fingerprint density at radius 3 is 2.41 bits per heavy atom. The van der Waals surface area contributed by atoms with Crippen molar-refractivity contribution in [2.24, 2.45) is 0 Å². The van der Waals surface area contributed by atoms with Gasteiger partial charge in [-0.15, -0.1) is 0 Å². The van der Waals surface area contributed by atoms with Gasteiger partial charge in [0.05, 0.1) is 6.61 Å². The molecule has 27 heavy (non-hydrogen) atoms. The molecule has 8 heteroatoms. The number of nitrogens with one attached hydrogen (secondary N) is 2. The number of nitrogens with zero attached hydrogens (tertiary/aromatic N) is 1. The molecule has 1 heterocycles. The molecule has 144 valence electrons. The third-order valence-electron chi connectivity index (χ3n) is 4.66. The Labute approximate surface area is 162 Å². The number of hydrogen-bond donors (Lipinski definition) is 2. The zero-order valence-electron chi connectivity index (χ0n) is 15.1. The van der Waals surface area contributed by atoms with Crippen LogP contribution >= 0.6 is 11.6 Å². The number of amides is 1. The monoisotopic (exact) mass is 391 g/mol. The van der Waals surface area contributed by atoms with Crippen LogP contribution in [-0.2, 0) is 11.3 Å². The lowest BCUT2D eigenvalue weighted by Crippen LogP contribution is -2.45. The number of likely N-dealkylation sites (tertiary alicyclic amines) is 1. The number of ether oxygens (including phenoxy) is 1. The third kappa shape index (κ3) is 4.42. The van der Waals surface area contributed by atoms with Crippen LogP contribution in [-0.4, -0.2) is 36.7 Å². The molecule has 3 rings (SSSR count). The van der Waals surface area contributed by atoms with Gasteiger partial charge in [0.15, 0.2) is 0 Å². The minimum Gasteiger partial charge on any atom is -0.450 e. The van der Waals surface area contributed by atoms with Crippen molar-refractivity contribution in [3.05, 3.63) is 55.3 Å². The number of halogens is 1. The van der Waals surface area contributed by atoms with E-state index in [0.717, 1.165) is 5.56 Å². The number of anilines is 2. The fourth-order valence-electron chi connectivity index (χ4n) is 3.12. The fraction of sp³-hybridized carbons (Fsp3) is 0.421. The second-order valence-corrected chi connectivity index (χ2v) is 6.93. The van der Waals surface area contributed by atoms with Crippen LogP contribution in [0, 0.1) is 0 Å². The van der Waals surface area contributed by atoms with Gasteiger partial charge in [0.2, 0.25) is 0 Å². The highest BCUT2D eigenvalue weighted by Crippen LogP contribution is 2.21. The maximum Gasteiger partial charge on any atom is 0.409 e. The van der Waals surface area contributed by atoms with E-state index >= 15 is 0 Å². The van der Waals surface area contributed by atoms with E-state index in [1.165, 1.54) is 0 Å². The molecule has 0 unspecified atom stereocenters. The van der Waals surface area contributed by atoms with Crippen LogP contribution in [0.15, 0.2) is 33.9 Å². The summed E-state index contributed by atoms with van der Waals surface area (Å²) in [5.41, 5.74) is 0.615. The van der Waals surface area contributed by atoms with Gasteiger partial charge in [0.1, 0.15) is 11.4 Å². The largest absolute Gasteiger partial charge is 0.450 e. The number of carbonyl (C=O) groups is 1. The molecule has 2 N–H and O–H groups in total. The van der Waals surface area contributed by atoms with E-state index in [1.807, 2.05) is 12.1 Å². The molecule has 2 aromatic carbocycles. The van der Waals surface area contributed by atoms with E-state index in [-0.39, 0.29) is 12.1 Å². The highest BCUT2D eigenvalue weighted by molar-refractivity contribution is 6.30. The molecule has 0 aliphatic carbocycles. The number of rotatable bonds is 6. The summed E-state index contributed by atoms with van der Waals surface area (Å²) in [5, 5.41) is 6.85. The number of piperidine rings is 1. The predicted molar refractivity (Wildman–Crippen MR) is 105 cm³/mol. The van der Waals surface area contributed by atoms with Gasteiger partial charge < -0.3 is 20.3 Å². The Bertz CT molecular complexity index is 866. The van der Waals surface area contributed by atoms with E-state index in [1.54, 1.807) is 24.0 Å². The first kappa shape index (κ1) is 19.2. The summed E-state index contributed by atoms with van der Waals surface area (Å²) in [6.45, 7) is 3.66. The predicted octanol–water partition coefficient (Wildman–Crippen LogP) is 2.58. The first-order chi connectivity index (χ1) is 13.0. The lowest BCUT2D eigenvalue weighted by atomic mass is 10.0. The number of hydrogen-bond acceptors (Lipinski definition) is 6. The van der Waals surface area contributed by atoms with Gasteiger partial charge in [-0.3, -0.25) is 9.59 Å². The summed E-state index contributed by atoms with van der Waals surface area (Å²) in [6.07, 6.45) is 1.07. The number of carbonyl (C=O) groups excluding carboxylic acids is 1. The van der Waals surface area contributed by atoms with Crippen molar-refractivity contribution in [1.29, 1.82) is 0 Å². The fourth-order valence-corrected chi connectivity index (χ4v) is 3.24. The van der Waals surface area contributed by atoms with Crippen LogP contribution in [0.3, 0.4) is 0 Å². The topological polar surface area (TPSA) is 87.7 Å². The van der Waals surface area contributed by atoms with Gasteiger partial charge in [-0.05, 0) is 37.5 Å². The van der Waals surface area contributed by atoms with Gasteiger partial charge in [0.25, 0.3) is 10.9 Å². The molecule has 0 bridgehead atoms. The van der Waals surface area contributed by atoms with Gasteiger partial charge in [-0.2, -0.15) is 0 Å². The van der Waals surface area contributed by atoms with Crippen molar-refractivity contribution >= 4 is 29.1 Å². The summed E-state index contributed by atoms with van der Waals surface area (Å²) >= 11 is 5.86. The highest BCUT2D eigenvalue weighted by Gasteiger charge is 2.27. The van der Waals surface area contributed by atoms with Crippen molar-refractivity contribution in [3.63, 3.8) is 0 Å². The Balaban J connectivity index is 1.56. The zero-order valence-corrected chi connectivity index (χ0v) is 15.8. The molecule has 1 saturated heterocycles. The minimum atomic E-state index is -0.504. The van der Waals surface area contributed by atoms with Gasteiger partial charge >= 0.3 is 6.09 Å². The van der Waals surface area contributed by atoms with E-state index in [0.29, 0.717) is 55.5 Å². The van der Waals surface area contributed by atoms with Crippen molar-refractivity contribution in [2.75, 3.05) is 30.3 Å². The first-order valence-corrected chi connectivity index (χ1v) is 9.37. The van der Waals surface area contributed by atoms with Crippen molar-refractivity contribution in [1.82, 2.24) is 4.90 Å². The van der Waals surface area contributed by atoms with Crippen LogP contribution in [0.1, 0.15) is 25.3 Å². The van der Waals surface area contributed by atoms with Gasteiger partial charge in [0, 0.05) is 30.7 Å². The normalized spacial score (nSPS) is 15.0. The van der Waals surface area contributed by atoms with E-state index < -0.39 is 10.9 Å². The lowest BCUT2D eigenvalue weighted by Gasteiger charge is -2.32. The molecule has 0 spiro atoms. The highest BCUT2D eigenvalue weighted by atomic mass is 35.5. The Morgan fingerprint density at radius 1 is 1.15 bits per heavy atom. The molecule has 0 aromatic heterocycles. The first-order valence-electron chi connectivity index (χ1n) is 8.99. The molecular formula is C19H22ClN3O4. The van der Waals surface area contributed by atoms with Gasteiger partial charge in [-0.1, -0.05) is 23.7 Å². The minimum absolute atomic E-state index is 0.0371. The standard InChI is InChI=1S/C19H22ClN3O4/c1-2-27-19(26)23-9-7-14(8-10-23)22-16-15(17(24)18(16)25)21-11-12-3-5-13(20)6-4-12/h3-6,14,21-22H,2,7-11H2,1H3. The van der Waals surface area contributed by atoms with Crippen molar-refractivity contribution in [3.8, 4) is 0 Å². The van der Waals surface area contributed by atoms with Crippen LogP contribution in [0.2, 0.25) is 5.02 Å². The molecule has 0 radical (unpaired) electrons. The summed E-state index contributed by atoms with van der Waals surface area (Å²) < 4.78 is 5.00.